The Balaban J connectivity index is 1.22. The molecule has 0 radical (unpaired) electrons. The predicted molar refractivity (Wildman–Crippen MR) is 178 cm³/mol. The summed E-state index contributed by atoms with van der Waals surface area (Å²) in [5.41, 5.74) is 5.74. The van der Waals surface area contributed by atoms with E-state index < -0.39 is 22.5 Å². The van der Waals surface area contributed by atoms with Crippen molar-refractivity contribution >= 4 is 41.4 Å². The third-order valence-corrected chi connectivity index (χ3v) is 6.94. The highest BCUT2D eigenvalue weighted by atomic mass is 16.6. The Morgan fingerprint density at radius 2 is 1.04 bits per heavy atom. The van der Waals surface area contributed by atoms with Crippen molar-refractivity contribution < 1.29 is 24.0 Å². The van der Waals surface area contributed by atoms with Crippen molar-refractivity contribution in [3.05, 3.63) is 158 Å². The molecule has 5 aromatic carbocycles. The SMILES string of the molecule is Cc1ccc(C=Nc2ccc(OC(=O)c3ccc(C(=O)Oc4ccc(N=Cc5ccc(C)cc5)cc4[N+](=O)[O-])cc3)c(C)c2)cc1. The minimum atomic E-state index is -0.823. The Kier molecular flexibility index (Phi) is 9.53. The Labute approximate surface area is 265 Å². The molecule has 0 atom stereocenters. The van der Waals surface area contributed by atoms with Crippen molar-refractivity contribution in [1.82, 2.24) is 0 Å². The maximum absolute atomic E-state index is 12.8. The van der Waals surface area contributed by atoms with Gasteiger partial charge in [0.2, 0.25) is 5.75 Å². The number of nitrogens with zero attached hydrogens (tertiary/aromatic N) is 3. The molecule has 0 unspecified atom stereocenters. The smallest absolute Gasteiger partial charge is 0.343 e. The van der Waals surface area contributed by atoms with E-state index in [1.54, 1.807) is 24.6 Å². The average molecular weight is 612 g/mol. The Hall–Kier alpha value is -6.22. The molecule has 5 aromatic rings. The molecular weight excluding hydrogens is 582 g/mol. The summed E-state index contributed by atoms with van der Waals surface area (Å²) in [6.07, 6.45) is 3.36. The summed E-state index contributed by atoms with van der Waals surface area (Å²) < 4.78 is 10.9. The minimum absolute atomic E-state index is 0.0966. The summed E-state index contributed by atoms with van der Waals surface area (Å²) >= 11 is 0. The van der Waals surface area contributed by atoms with Crippen LogP contribution < -0.4 is 9.47 Å². The number of benzene rings is 5. The van der Waals surface area contributed by atoms with Crippen LogP contribution in [0.15, 0.2) is 119 Å². The average Bonchev–Trinajstić information content (AvgIpc) is 3.05. The first-order chi connectivity index (χ1) is 22.1. The van der Waals surface area contributed by atoms with Gasteiger partial charge in [0.15, 0.2) is 0 Å². The van der Waals surface area contributed by atoms with Gasteiger partial charge < -0.3 is 9.47 Å². The number of aryl methyl sites for hydroxylation is 3. The van der Waals surface area contributed by atoms with Crippen LogP contribution in [0.4, 0.5) is 17.1 Å². The van der Waals surface area contributed by atoms with Crippen LogP contribution in [0.3, 0.4) is 0 Å². The van der Waals surface area contributed by atoms with Crippen LogP contribution in [0.25, 0.3) is 0 Å². The van der Waals surface area contributed by atoms with Crippen molar-refractivity contribution in [2.45, 2.75) is 20.8 Å². The molecule has 0 heterocycles. The molecule has 0 bridgehead atoms. The van der Waals surface area contributed by atoms with Crippen LogP contribution >= 0.6 is 0 Å². The molecular formula is C37H29N3O6. The lowest BCUT2D eigenvalue weighted by molar-refractivity contribution is -0.385. The Morgan fingerprint density at radius 1 is 0.609 bits per heavy atom. The van der Waals surface area contributed by atoms with Gasteiger partial charge in [0.25, 0.3) is 0 Å². The Morgan fingerprint density at radius 3 is 1.50 bits per heavy atom. The van der Waals surface area contributed by atoms with Crippen molar-refractivity contribution in [1.29, 1.82) is 0 Å². The van der Waals surface area contributed by atoms with Gasteiger partial charge in [0.05, 0.1) is 27.4 Å². The third-order valence-electron chi connectivity index (χ3n) is 6.94. The molecule has 0 saturated heterocycles. The van der Waals surface area contributed by atoms with Gasteiger partial charge in [-0.25, -0.2) is 9.59 Å². The van der Waals surface area contributed by atoms with E-state index in [1.165, 1.54) is 48.0 Å². The first kappa shape index (κ1) is 31.2. The topological polar surface area (TPSA) is 120 Å². The molecule has 9 heteroatoms. The molecule has 0 N–H and O–H groups in total. The van der Waals surface area contributed by atoms with Crippen molar-refractivity contribution in [3.63, 3.8) is 0 Å². The van der Waals surface area contributed by atoms with Crippen LogP contribution in [-0.4, -0.2) is 29.3 Å². The van der Waals surface area contributed by atoms with Gasteiger partial charge in [-0.1, -0.05) is 59.7 Å². The van der Waals surface area contributed by atoms with Crippen molar-refractivity contribution in [2.24, 2.45) is 9.98 Å². The van der Waals surface area contributed by atoms with Gasteiger partial charge in [0.1, 0.15) is 5.75 Å². The molecule has 9 nitrogen and oxygen atoms in total. The van der Waals surface area contributed by atoms with Crippen molar-refractivity contribution in [3.8, 4) is 11.5 Å². The van der Waals surface area contributed by atoms with Crippen LogP contribution in [0.5, 0.6) is 11.5 Å². The summed E-state index contributed by atoms with van der Waals surface area (Å²) in [5.74, 6) is -1.29. The number of rotatable bonds is 9. The molecule has 0 fully saturated rings. The lowest BCUT2D eigenvalue weighted by atomic mass is 10.1. The summed E-state index contributed by atoms with van der Waals surface area (Å²) in [7, 11) is 0. The molecule has 0 amide bonds. The maximum atomic E-state index is 12.8. The maximum Gasteiger partial charge on any atom is 0.343 e. The number of ether oxygens (including phenoxy) is 2. The molecule has 0 aliphatic heterocycles. The first-order valence-corrected chi connectivity index (χ1v) is 14.3. The number of esters is 2. The van der Waals surface area contributed by atoms with E-state index in [0.717, 1.165) is 22.3 Å². The van der Waals surface area contributed by atoms with Crippen LogP contribution in [0.2, 0.25) is 0 Å². The van der Waals surface area contributed by atoms with E-state index in [9.17, 15) is 19.7 Å². The van der Waals surface area contributed by atoms with Gasteiger partial charge in [-0.05, 0) is 92.1 Å². The van der Waals surface area contributed by atoms with Gasteiger partial charge in [0, 0.05) is 18.5 Å². The highest BCUT2D eigenvalue weighted by molar-refractivity contribution is 5.95. The minimum Gasteiger partial charge on any atom is -0.423 e. The zero-order valence-electron chi connectivity index (χ0n) is 25.3. The number of carbonyl (C=O) groups is 2. The quantitative estimate of drug-likeness (QED) is 0.0542. The molecule has 228 valence electrons. The molecule has 5 rings (SSSR count). The second-order valence-corrected chi connectivity index (χ2v) is 10.6. The second kappa shape index (κ2) is 14.0. The van der Waals surface area contributed by atoms with E-state index in [-0.39, 0.29) is 16.9 Å². The Bertz CT molecular complexity index is 1960. The summed E-state index contributed by atoms with van der Waals surface area (Å²) in [4.78, 5) is 45.5. The fraction of sp³-hybridized carbons (Fsp3) is 0.0811. The number of nitro groups is 1. The summed E-state index contributed by atoms with van der Waals surface area (Å²) in [5, 5.41) is 11.7. The van der Waals surface area contributed by atoms with Crippen LogP contribution in [-0.2, 0) is 0 Å². The molecule has 0 saturated carbocycles. The van der Waals surface area contributed by atoms with E-state index in [1.807, 2.05) is 75.4 Å². The lowest BCUT2D eigenvalue weighted by Gasteiger charge is -2.09. The molecule has 0 aliphatic rings. The van der Waals surface area contributed by atoms with E-state index in [2.05, 4.69) is 9.98 Å². The number of carbonyl (C=O) groups excluding carboxylic acids is 2. The largest absolute Gasteiger partial charge is 0.423 e. The van der Waals surface area contributed by atoms with Gasteiger partial charge in [-0.15, -0.1) is 0 Å². The van der Waals surface area contributed by atoms with Gasteiger partial charge in [-0.3, -0.25) is 20.1 Å². The first-order valence-electron chi connectivity index (χ1n) is 14.3. The number of hydrogen-bond acceptors (Lipinski definition) is 8. The summed E-state index contributed by atoms with van der Waals surface area (Å²) in [6, 6.07) is 30.6. The van der Waals surface area contributed by atoms with E-state index >= 15 is 0 Å². The van der Waals surface area contributed by atoms with E-state index in [4.69, 9.17) is 9.47 Å². The second-order valence-electron chi connectivity index (χ2n) is 10.6. The van der Waals surface area contributed by atoms with Crippen LogP contribution in [0, 0.1) is 30.9 Å². The number of aliphatic imine (C=N–C) groups is 2. The molecule has 0 aliphatic carbocycles. The van der Waals surface area contributed by atoms with Crippen molar-refractivity contribution in [2.75, 3.05) is 0 Å². The standard InChI is InChI=1S/C37H29N3O6/c1-24-4-8-27(9-5-24)22-38-31-16-18-34(26(3)20-31)45-36(41)29-12-14-30(15-13-29)37(42)46-35-19-17-32(21-33(35)40(43)44)39-23-28-10-6-25(2)7-11-28/h4-23H,1-3H3. The lowest BCUT2D eigenvalue weighted by Crippen LogP contribution is -2.12. The zero-order valence-corrected chi connectivity index (χ0v) is 25.3. The zero-order chi connectivity index (χ0) is 32.6. The molecule has 0 aromatic heterocycles. The van der Waals surface area contributed by atoms with Crippen LogP contribution in [0.1, 0.15) is 48.5 Å². The predicted octanol–water partition coefficient (Wildman–Crippen LogP) is 8.46. The fourth-order valence-corrected chi connectivity index (χ4v) is 4.31. The molecule has 46 heavy (non-hydrogen) atoms. The highest BCUT2D eigenvalue weighted by Gasteiger charge is 2.20. The summed E-state index contributed by atoms with van der Waals surface area (Å²) in [6.45, 7) is 5.81. The molecule has 0 spiro atoms. The highest BCUT2D eigenvalue weighted by Crippen LogP contribution is 2.32. The van der Waals surface area contributed by atoms with Gasteiger partial charge in [-0.2, -0.15) is 0 Å². The third kappa shape index (κ3) is 8.03. The monoisotopic (exact) mass is 611 g/mol. The number of nitro benzene ring substituents is 1. The van der Waals surface area contributed by atoms with Gasteiger partial charge >= 0.3 is 17.6 Å². The number of hydrogen-bond donors (Lipinski definition) is 0. The van der Waals surface area contributed by atoms with E-state index in [0.29, 0.717) is 17.1 Å². The normalized spacial score (nSPS) is 11.1. The fourth-order valence-electron chi connectivity index (χ4n) is 4.31.